The zero-order valence-electron chi connectivity index (χ0n) is 17.0. The van der Waals surface area contributed by atoms with Crippen molar-refractivity contribution in [1.82, 2.24) is 15.5 Å². The molecule has 0 bridgehead atoms. The van der Waals surface area contributed by atoms with Gasteiger partial charge < -0.3 is 15.5 Å². The third-order valence-corrected chi connectivity index (χ3v) is 5.75. The Morgan fingerprint density at radius 3 is 2.79 bits per heavy atom. The average molecular weight is 389 g/mol. The first-order chi connectivity index (χ1) is 13.6. The molecule has 2 fully saturated rings. The van der Waals surface area contributed by atoms with Crippen molar-refractivity contribution in [3.05, 3.63) is 35.6 Å². The van der Waals surface area contributed by atoms with Gasteiger partial charge in [-0.1, -0.05) is 24.6 Å². The number of nitrogens with zero attached hydrogens (tertiary/aromatic N) is 2. The van der Waals surface area contributed by atoms with Gasteiger partial charge in [-0.25, -0.2) is 4.39 Å². The molecule has 5 nitrogen and oxygen atoms in total. The molecule has 2 N–H and O–H groups in total. The van der Waals surface area contributed by atoms with E-state index in [9.17, 15) is 9.18 Å². The number of rotatable bonds is 8. The van der Waals surface area contributed by atoms with Gasteiger partial charge in [0.1, 0.15) is 5.82 Å². The Balaban J connectivity index is 1.49. The van der Waals surface area contributed by atoms with Crippen molar-refractivity contribution in [2.24, 2.45) is 4.99 Å². The predicted octanol–water partition coefficient (Wildman–Crippen LogP) is 3.21. The van der Waals surface area contributed by atoms with Gasteiger partial charge in [0.25, 0.3) is 0 Å². The van der Waals surface area contributed by atoms with Crippen molar-refractivity contribution >= 4 is 11.9 Å². The van der Waals surface area contributed by atoms with Gasteiger partial charge in [0.15, 0.2) is 5.96 Å². The van der Waals surface area contributed by atoms with Gasteiger partial charge >= 0.3 is 0 Å². The van der Waals surface area contributed by atoms with E-state index in [1.54, 1.807) is 6.07 Å². The van der Waals surface area contributed by atoms with E-state index in [2.05, 4.69) is 10.6 Å². The maximum atomic E-state index is 14.2. The Kier molecular flexibility index (Phi) is 7.29. The van der Waals surface area contributed by atoms with Crippen LogP contribution in [-0.2, 0) is 10.2 Å². The lowest BCUT2D eigenvalue weighted by Crippen LogP contribution is -2.40. The monoisotopic (exact) mass is 388 g/mol. The van der Waals surface area contributed by atoms with Crippen molar-refractivity contribution in [2.45, 2.75) is 57.3 Å². The molecule has 154 valence electrons. The number of hydrogen-bond acceptors (Lipinski definition) is 2. The molecular formula is C22H33FN4O. The average Bonchev–Trinajstić information content (AvgIpc) is 3.50. The van der Waals surface area contributed by atoms with Gasteiger partial charge in [0.05, 0.1) is 6.54 Å². The van der Waals surface area contributed by atoms with Gasteiger partial charge in [-0.05, 0) is 50.7 Å². The number of amides is 1. The van der Waals surface area contributed by atoms with Crippen LogP contribution >= 0.6 is 0 Å². The zero-order valence-corrected chi connectivity index (χ0v) is 17.0. The van der Waals surface area contributed by atoms with Crippen LogP contribution in [0.4, 0.5) is 4.39 Å². The van der Waals surface area contributed by atoms with E-state index in [0.717, 1.165) is 76.2 Å². The summed E-state index contributed by atoms with van der Waals surface area (Å²) >= 11 is 0. The molecule has 1 saturated carbocycles. The number of carbonyl (C=O) groups is 1. The van der Waals surface area contributed by atoms with Crippen LogP contribution in [0.2, 0.25) is 0 Å². The van der Waals surface area contributed by atoms with E-state index in [1.807, 2.05) is 24.0 Å². The summed E-state index contributed by atoms with van der Waals surface area (Å²) in [5.41, 5.74) is 0.640. The van der Waals surface area contributed by atoms with Crippen LogP contribution in [-0.4, -0.2) is 49.5 Å². The summed E-state index contributed by atoms with van der Waals surface area (Å²) in [5, 5.41) is 6.64. The Morgan fingerprint density at radius 2 is 2.04 bits per heavy atom. The molecule has 0 aromatic heterocycles. The fourth-order valence-electron chi connectivity index (χ4n) is 3.88. The molecular weight excluding hydrogens is 355 g/mol. The van der Waals surface area contributed by atoms with E-state index in [-0.39, 0.29) is 11.2 Å². The number of aliphatic imine (C=N–C) groups is 1. The molecule has 0 radical (unpaired) electrons. The first-order valence-electron chi connectivity index (χ1n) is 10.7. The lowest BCUT2D eigenvalue weighted by Gasteiger charge is -2.21. The van der Waals surface area contributed by atoms with Gasteiger partial charge in [0.2, 0.25) is 5.91 Å². The minimum atomic E-state index is -0.147. The Hall–Kier alpha value is -2.11. The number of nitrogens with one attached hydrogen (secondary N) is 2. The van der Waals surface area contributed by atoms with Crippen LogP contribution in [0.1, 0.15) is 57.4 Å². The van der Waals surface area contributed by atoms with Crippen LogP contribution in [0.25, 0.3) is 0 Å². The van der Waals surface area contributed by atoms with E-state index >= 15 is 0 Å². The minimum Gasteiger partial charge on any atom is -0.357 e. The quantitative estimate of drug-likeness (QED) is 0.408. The summed E-state index contributed by atoms with van der Waals surface area (Å²) in [6.45, 7) is 5.86. The van der Waals surface area contributed by atoms with Crippen molar-refractivity contribution < 1.29 is 9.18 Å². The highest BCUT2D eigenvalue weighted by molar-refractivity contribution is 5.80. The largest absolute Gasteiger partial charge is 0.357 e. The third kappa shape index (κ3) is 5.46. The van der Waals surface area contributed by atoms with E-state index in [4.69, 9.17) is 4.99 Å². The second-order valence-electron chi connectivity index (χ2n) is 7.93. The van der Waals surface area contributed by atoms with Crippen LogP contribution in [0, 0.1) is 5.82 Å². The highest BCUT2D eigenvalue weighted by Gasteiger charge is 2.45. The van der Waals surface area contributed by atoms with Crippen LogP contribution < -0.4 is 10.6 Å². The first-order valence-corrected chi connectivity index (χ1v) is 10.7. The van der Waals surface area contributed by atoms with Gasteiger partial charge in [-0.3, -0.25) is 9.79 Å². The molecule has 1 aliphatic heterocycles. The van der Waals surface area contributed by atoms with Gasteiger partial charge in [-0.15, -0.1) is 0 Å². The predicted molar refractivity (Wildman–Crippen MR) is 111 cm³/mol. The van der Waals surface area contributed by atoms with E-state index < -0.39 is 0 Å². The summed E-state index contributed by atoms with van der Waals surface area (Å²) in [7, 11) is 0. The highest BCUT2D eigenvalue weighted by Crippen LogP contribution is 2.49. The molecule has 1 saturated heterocycles. The lowest BCUT2D eigenvalue weighted by atomic mass is 9.95. The van der Waals surface area contributed by atoms with Crippen molar-refractivity contribution in [3.8, 4) is 0 Å². The Morgan fingerprint density at radius 1 is 1.21 bits per heavy atom. The molecule has 6 heteroatoms. The Bertz CT molecular complexity index is 687. The molecule has 1 aromatic carbocycles. The maximum Gasteiger partial charge on any atom is 0.222 e. The molecule has 3 rings (SSSR count). The van der Waals surface area contributed by atoms with Crippen molar-refractivity contribution in [3.63, 3.8) is 0 Å². The van der Waals surface area contributed by atoms with Gasteiger partial charge in [0, 0.05) is 38.0 Å². The molecule has 1 aromatic rings. The van der Waals surface area contributed by atoms with Crippen LogP contribution in [0.15, 0.2) is 29.3 Å². The SMILES string of the molecule is CCNC(=NCC1(c2ccccc2F)CC1)NCCCN1CCCCCC1=O. The fourth-order valence-corrected chi connectivity index (χ4v) is 3.88. The molecule has 1 heterocycles. The standard InChI is InChI=1S/C22H33FN4O/c1-2-24-21(25-14-8-16-27-15-7-3-4-11-20(27)28)26-17-22(12-13-22)18-9-5-6-10-19(18)23/h5-6,9-10H,2-4,7-8,11-17H2,1H3,(H2,24,25,26). The molecule has 1 aliphatic carbocycles. The topological polar surface area (TPSA) is 56.7 Å². The summed E-state index contributed by atoms with van der Waals surface area (Å²) < 4.78 is 14.2. The summed E-state index contributed by atoms with van der Waals surface area (Å²) in [6.07, 6.45) is 6.84. The van der Waals surface area contributed by atoms with Crippen LogP contribution in [0.5, 0.6) is 0 Å². The van der Waals surface area contributed by atoms with Crippen molar-refractivity contribution in [1.29, 1.82) is 0 Å². The van der Waals surface area contributed by atoms with Crippen LogP contribution in [0.3, 0.4) is 0 Å². The second kappa shape index (κ2) is 9.89. The molecule has 0 unspecified atom stereocenters. The second-order valence-corrected chi connectivity index (χ2v) is 7.93. The summed E-state index contributed by atoms with van der Waals surface area (Å²) in [4.78, 5) is 18.8. The number of carbonyl (C=O) groups excluding carboxylic acids is 1. The summed E-state index contributed by atoms with van der Waals surface area (Å²) in [6, 6.07) is 7.05. The summed E-state index contributed by atoms with van der Waals surface area (Å²) in [5.74, 6) is 0.932. The molecule has 1 amide bonds. The fraction of sp³-hybridized carbons (Fsp3) is 0.636. The zero-order chi connectivity index (χ0) is 19.8. The molecule has 0 spiro atoms. The molecule has 2 aliphatic rings. The van der Waals surface area contributed by atoms with Gasteiger partial charge in [-0.2, -0.15) is 0 Å². The first kappa shape index (κ1) is 20.6. The molecule has 28 heavy (non-hydrogen) atoms. The van der Waals surface area contributed by atoms with Crippen molar-refractivity contribution in [2.75, 3.05) is 32.7 Å². The smallest absolute Gasteiger partial charge is 0.222 e. The number of hydrogen-bond donors (Lipinski definition) is 2. The van der Waals surface area contributed by atoms with E-state index in [1.165, 1.54) is 6.07 Å². The third-order valence-electron chi connectivity index (χ3n) is 5.75. The Labute approximate surface area is 167 Å². The lowest BCUT2D eigenvalue weighted by molar-refractivity contribution is -0.130. The molecule has 0 atom stereocenters. The number of guanidine groups is 1. The normalized spacial score (nSPS) is 19.3. The van der Waals surface area contributed by atoms with E-state index in [0.29, 0.717) is 18.9 Å². The number of likely N-dealkylation sites (tertiary alicyclic amines) is 1. The number of benzene rings is 1. The maximum absolute atomic E-state index is 14.2. The number of halogens is 1. The minimum absolute atomic E-state index is 0.129. The highest BCUT2D eigenvalue weighted by atomic mass is 19.1.